The first-order valence-corrected chi connectivity index (χ1v) is 11.4. The van der Waals surface area contributed by atoms with Crippen LogP contribution >= 0.6 is 0 Å². The molecule has 3 rings (SSSR count). The number of piperazine rings is 1. The van der Waals surface area contributed by atoms with Gasteiger partial charge in [-0.3, -0.25) is 9.69 Å². The number of amides is 1. The predicted molar refractivity (Wildman–Crippen MR) is 129 cm³/mol. The molecule has 2 aromatic carbocycles. The molecule has 0 aliphatic carbocycles. The van der Waals surface area contributed by atoms with Gasteiger partial charge in [-0.25, -0.2) is 0 Å². The number of nitrogens with zero attached hydrogens (tertiary/aromatic N) is 2. The van der Waals surface area contributed by atoms with E-state index >= 15 is 0 Å². The highest BCUT2D eigenvalue weighted by atomic mass is 16.5. The van der Waals surface area contributed by atoms with Gasteiger partial charge >= 0.3 is 0 Å². The van der Waals surface area contributed by atoms with Crippen molar-refractivity contribution in [1.29, 1.82) is 0 Å². The second kappa shape index (κ2) is 12.3. The van der Waals surface area contributed by atoms with E-state index in [4.69, 9.17) is 9.47 Å². The van der Waals surface area contributed by atoms with E-state index in [0.29, 0.717) is 24.7 Å². The third-order valence-electron chi connectivity index (χ3n) is 5.79. The summed E-state index contributed by atoms with van der Waals surface area (Å²) in [6.07, 6.45) is 3.34. The van der Waals surface area contributed by atoms with E-state index in [9.17, 15) is 4.79 Å². The molecule has 1 saturated heterocycles. The molecule has 0 spiro atoms. The standard InChI is InChI=1S/C26H35N3O3/c1-4-28-14-16-29(17-15-28)20-23-9-7-6-8-22(23)19-27-26(30)13-11-21-10-12-24(32-5-2)25(18-21)31-3/h6-13,18H,4-5,14-17,19-20H2,1-3H3,(H,27,30)/b13-11+. The Morgan fingerprint density at radius 2 is 1.72 bits per heavy atom. The minimum atomic E-state index is -0.121. The minimum Gasteiger partial charge on any atom is -0.493 e. The summed E-state index contributed by atoms with van der Waals surface area (Å²) in [4.78, 5) is 17.4. The van der Waals surface area contributed by atoms with Crippen molar-refractivity contribution in [2.24, 2.45) is 0 Å². The van der Waals surface area contributed by atoms with Gasteiger partial charge in [-0.05, 0) is 48.4 Å². The van der Waals surface area contributed by atoms with E-state index in [1.807, 2.05) is 31.2 Å². The molecule has 0 unspecified atom stereocenters. The van der Waals surface area contributed by atoms with E-state index in [-0.39, 0.29) is 5.91 Å². The highest BCUT2D eigenvalue weighted by Gasteiger charge is 2.16. The first-order chi connectivity index (χ1) is 15.6. The van der Waals surface area contributed by atoms with Crippen LogP contribution in [0.25, 0.3) is 6.08 Å². The fourth-order valence-electron chi connectivity index (χ4n) is 3.86. The largest absolute Gasteiger partial charge is 0.493 e. The molecule has 1 aliphatic rings. The van der Waals surface area contributed by atoms with Crippen LogP contribution in [0.5, 0.6) is 11.5 Å². The Labute approximate surface area is 191 Å². The third kappa shape index (κ3) is 6.84. The summed E-state index contributed by atoms with van der Waals surface area (Å²) in [5.41, 5.74) is 3.32. The number of hydrogen-bond donors (Lipinski definition) is 1. The Morgan fingerprint density at radius 3 is 2.41 bits per heavy atom. The molecule has 0 aromatic heterocycles. The maximum Gasteiger partial charge on any atom is 0.244 e. The summed E-state index contributed by atoms with van der Waals surface area (Å²) >= 11 is 0. The molecule has 1 N–H and O–H groups in total. The van der Waals surface area contributed by atoms with E-state index < -0.39 is 0 Å². The van der Waals surface area contributed by atoms with E-state index in [1.54, 1.807) is 19.3 Å². The van der Waals surface area contributed by atoms with Gasteiger partial charge in [-0.2, -0.15) is 0 Å². The van der Waals surface area contributed by atoms with Gasteiger partial charge in [0.05, 0.1) is 13.7 Å². The smallest absolute Gasteiger partial charge is 0.244 e. The number of rotatable bonds is 10. The quantitative estimate of drug-likeness (QED) is 0.576. The van der Waals surface area contributed by atoms with Crippen LogP contribution in [-0.4, -0.2) is 62.1 Å². The second-order valence-electron chi connectivity index (χ2n) is 7.87. The van der Waals surface area contributed by atoms with E-state index in [2.05, 4.69) is 40.2 Å². The monoisotopic (exact) mass is 437 g/mol. The number of methoxy groups -OCH3 is 1. The number of benzene rings is 2. The Balaban J connectivity index is 1.55. The Hall–Kier alpha value is -2.83. The van der Waals surface area contributed by atoms with Gasteiger partial charge < -0.3 is 19.7 Å². The third-order valence-corrected chi connectivity index (χ3v) is 5.79. The predicted octanol–water partition coefficient (Wildman–Crippen LogP) is 3.56. The molecule has 2 aromatic rings. The number of ether oxygens (including phenoxy) is 2. The SMILES string of the molecule is CCOc1ccc(/C=C/C(=O)NCc2ccccc2CN2CCN(CC)CC2)cc1OC. The molecule has 6 nitrogen and oxygen atoms in total. The Kier molecular flexibility index (Phi) is 9.13. The number of carbonyl (C=O) groups excluding carboxylic acids is 1. The maximum absolute atomic E-state index is 12.4. The van der Waals surface area contributed by atoms with Gasteiger partial charge in [0.25, 0.3) is 0 Å². The maximum atomic E-state index is 12.4. The van der Waals surface area contributed by atoms with Gasteiger partial charge in [0, 0.05) is 45.3 Å². The topological polar surface area (TPSA) is 54.0 Å². The first-order valence-electron chi connectivity index (χ1n) is 11.4. The Bertz CT molecular complexity index is 905. The molecule has 0 bridgehead atoms. The van der Waals surface area contributed by atoms with Gasteiger partial charge in [0.2, 0.25) is 5.91 Å². The van der Waals surface area contributed by atoms with Crippen LogP contribution in [-0.2, 0) is 17.9 Å². The lowest BCUT2D eigenvalue weighted by Crippen LogP contribution is -2.45. The van der Waals surface area contributed by atoms with Crippen LogP contribution in [0.1, 0.15) is 30.5 Å². The van der Waals surface area contributed by atoms with Crippen molar-refractivity contribution in [3.05, 3.63) is 65.2 Å². The summed E-state index contributed by atoms with van der Waals surface area (Å²) in [7, 11) is 1.61. The van der Waals surface area contributed by atoms with Crippen LogP contribution in [0, 0.1) is 0 Å². The van der Waals surface area contributed by atoms with Gasteiger partial charge in [-0.1, -0.05) is 37.3 Å². The van der Waals surface area contributed by atoms with Gasteiger partial charge in [-0.15, -0.1) is 0 Å². The van der Waals surface area contributed by atoms with Crippen molar-refractivity contribution in [2.75, 3.05) is 46.4 Å². The van der Waals surface area contributed by atoms with Crippen molar-refractivity contribution < 1.29 is 14.3 Å². The summed E-state index contributed by atoms with van der Waals surface area (Å²) in [5, 5.41) is 3.01. The number of carbonyl (C=O) groups is 1. The first kappa shape index (κ1) is 23.8. The molecule has 32 heavy (non-hydrogen) atoms. The van der Waals surface area contributed by atoms with Crippen LogP contribution < -0.4 is 14.8 Å². The zero-order valence-electron chi connectivity index (χ0n) is 19.5. The average molecular weight is 438 g/mol. The molecule has 0 radical (unpaired) electrons. The van der Waals surface area contributed by atoms with E-state index in [1.165, 1.54) is 5.56 Å². The molecule has 1 fully saturated rings. The molecule has 6 heteroatoms. The lowest BCUT2D eigenvalue weighted by molar-refractivity contribution is -0.116. The van der Waals surface area contributed by atoms with Crippen molar-refractivity contribution in [1.82, 2.24) is 15.1 Å². The van der Waals surface area contributed by atoms with Gasteiger partial charge in [0.1, 0.15) is 0 Å². The molecular formula is C26H35N3O3. The molecule has 172 valence electrons. The highest BCUT2D eigenvalue weighted by molar-refractivity contribution is 5.91. The number of likely N-dealkylation sites (N-methyl/N-ethyl adjacent to an activating group) is 1. The van der Waals surface area contributed by atoms with Crippen molar-refractivity contribution in [3.8, 4) is 11.5 Å². The molecule has 1 aliphatic heterocycles. The lowest BCUT2D eigenvalue weighted by Gasteiger charge is -2.34. The zero-order chi connectivity index (χ0) is 22.8. The zero-order valence-corrected chi connectivity index (χ0v) is 19.5. The number of nitrogens with one attached hydrogen (secondary N) is 1. The van der Waals surface area contributed by atoms with Crippen molar-refractivity contribution >= 4 is 12.0 Å². The minimum absolute atomic E-state index is 0.121. The Morgan fingerprint density at radius 1 is 1.00 bits per heavy atom. The highest BCUT2D eigenvalue weighted by Crippen LogP contribution is 2.28. The molecule has 0 saturated carbocycles. The molecule has 0 atom stereocenters. The fourth-order valence-corrected chi connectivity index (χ4v) is 3.86. The molecule has 1 amide bonds. The van der Waals surface area contributed by atoms with Crippen LogP contribution in [0.15, 0.2) is 48.5 Å². The number of hydrogen-bond acceptors (Lipinski definition) is 5. The summed E-state index contributed by atoms with van der Waals surface area (Å²) in [6.45, 7) is 11.7. The molecular weight excluding hydrogens is 402 g/mol. The summed E-state index contributed by atoms with van der Waals surface area (Å²) in [5.74, 6) is 1.23. The summed E-state index contributed by atoms with van der Waals surface area (Å²) < 4.78 is 10.9. The van der Waals surface area contributed by atoms with E-state index in [0.717, 1.165) is 50.4 Å². The van der Waals surface area contributed by atoms with Crippen LogP contribution in [0.2, 0.25) is 0 Å². The normalized spacial score (nSPS) is 15.1. The van der Waals surface area contributed by atoms with Crippen molar-refractivity contribution in [3.63, 3.8) is 0 Å². The lowest BCUT2D eigenvalue weighted by atomic mass is 10.1. The second-order valence-corrected chi connectivity index (χ2v) is 7.87. The van der Waals surface area contributed by atoms with Crippen molar-refractivity contribution in [2.45, 2.75) is 26.9 Å². The van der Waals surface area contributed by atoms with Crippen LogP contribution in [0.3, 0.4) is 0 Å². The summed E-state index contributed by atoms with van der Waals surface area (Å²) in [6, 6.07) is 14.0. The fraction of sp³-hybridized carbons (Fsp3) is 0.423. The molecule has 1 heterocycles. The average Bonchev–Trinajstić information content (AvgIpc) is 2.83. The van der Waals surface area contributed by atoms with Crippen LogP contribution in [0.4, 0.5) is 0 Å². The van der Waals surface area contributed by atoms with Gasteiger partial charge in [0.15, 0.2) is 11.5 Å².